The lowest BCUT2D eigenvalue weighted by molar-refractivity contribution is 0.544. The maximum absolute atomic E-state index is 13.7. The molecule has 19 heavy (non-hydrogen) atoms. The van der Waals surface area contributed by atoms with Crippen molar-refractivity contribution in [3.05, 3.63) is 29.6 Å². The van der Waals surface area contributed by atoms with Gasteiger partial charge in [0.25, 0.3) is 0 Å². The fourth-order valence-electron chi connectivity index (χ4n) is 1.56. The third-order valence-corrected chi connectivity index (χ3v) is 4.95. The molecule has 0 saturated carbocycles. The van der Waals surface area contributed by atoms with Gasteiger partial charge in [0.2, 0.25) is 10.0 Å². The molecule has 0 aliphatic rings. The van der Waals surface area contributed by atoms with Crippen molar-refractivity contribution in [2.75, 3.05) is 18.6 Å². The van der Waals surface area contributed by atoms with E-state index in [2.05, 4.69) is 4.72 Å². The zero-order valence-corrected chi connectivity index (χ0v) is 12.7. The maximum atomic E-state index is 13.7. The number of halogens is 1. The first-order valence-corrected chi connectivity index (χ1v) is 8.75. The molecule has 0 saturated heterocycles. The third-order valence-electron chi connectivity index (χ3n) is 2.59. The van der Waals surface area contributed by atoms with Gasteiger partial charge in [-0.15, -0.1) is 0 Å². The predicted molar refractivity (Wildman–Crippen MR) is 77.0 cm³/mol. The van der Waals surface area contributed by atoms with E-state index >= 15 is 0 Å². The number of sulfonamides is 1. The summed E-state index contributed by atoms with van der Waals surface area (Å²) < 4.78 is 40.1. The molecule has 0 heterocycles. The molecule has 0 amide bonds. The highest BCUT2D eigenvalue weighted by Gasteiger charge is 2.19. The van der Waals surface area contributed by atoms with E-state index in [1.54, 1.807) is 11.8 Å². The van der Waals surface area contributed by atoms with Gasteiger partial charge >= 0.3 is 0 Å². The average molecular weight is 306 g/mol. The van der Waals surface area contributed by atoms with Crippen molar-refractivity contribution in [1.29, 1.82) is 0 Å². The fourth-order valence-corrected chi connectivity index (χ4v) is 3.47. The topological polar surface area (TPSA) is 72.2 Å². The van der Waals surface area contributed by atoms with Crippen LogP contribution in [0.4, 0.5) is 4.39 Å². The van der Waals surface area contributed by atoms with E-state index < -0.39 is 15.8 Å². The van der Waals surface area contributed by atoms with E-state index in [1.807, 2.05) is 13.2 Å². The van der Waals surface area contributed by atoms with Crippen LogP contribution >= 0.6 is 11.8 Å². The molecule has 0 radical (unpaired) electrons. The highest BCUT2D eigenvalue weighted by molar-refractivity contribution is 7.98. The minimum Gasteiger partial charge on any atom is -0.326 e. The zero-order chi connectivity index (χ0) is 14.5. The van der Waals surface area contributed by atoms with Gasteiger partial charge in [-0.05, 0) is 35.6 Å². The summed E-state index contributed by atoms with van der Waals surface area (Å²) in [5.41, 5.74) is 5.94. The van der Waals surface area contributed by atoms with E-state index in [0.717, 1.165) is 11.8 Å². The average Bonchev–Trinajstić information content (AvgIpc) is 2.36. The van der Waals surface area contributed by atoms with E-state index in [-0.39, 0.29) is 17.4 Å². The van der Waals surface area contributed by atoms with Crippen molar-refractivity contribution < 1.29 is 12.8 Å². The molecule has 0 bridgehead atoms. The quantitative estimate of drug-likeness (QED) is 0.802. The summed E-state index contributed by atoms with van der Waals surface area (Å²) in [5, 5.41) is 0. The van der Waals surface area contributed by atoms with Crippen molar-refractivity contribution in [3.8, 4) is 0 Å². The van der Waals surface area contributed by atoms with Gasteiger partial charge in [-0.2, -0.15) is 11.8 Å². The summed E-state index contributed by atoms with van der Waals surface area (Å²) in [5.74, 6) is 0.265. The molecule has 1 unspecified atom stereocenters. The fraction of sp³-hybridized carbons (Fsp3) is 0.500. The molecule has 7 heteroatoms. The Kier molecular flexibility index (Phi) is 6.25. The molecule has 3 N–H and O–H groups in total. The van der Waals surface area contributed by atoms with Crippen LogP contribution in [0.2, 0.25) is 0 Å². The van der Waals surface area contributed by atoms with Crippen molar-refractivity contribution in [2.24, 2.45) is 11.7 Å². The van der Waals surface area contributed by atoms with E-state index in [1.165, 1.54) is 12.1 Å². The van der Waals surface area contributed by atoms with Gasteiger partial charge in [-0.25, -0.2) is 17.5 Å². The highest BCUT2D eigenvalue weighted by Crippen LogP contribution is 2.16. The molecule has 1 rings (SSSR count). The summed E-state index contributed by atoms with van der Waals surface area (Å²) in [7, 11) is -3.80. The molecule has 4 nitrogen and oxygen atoms in total. The second kappa shape index (κ2) is 7.23. The Morgan fingerprint density at radius 1 is 1.47 bits per heavy atom. The third kappa shape index (κ3) is 4.76. The first kappa shape index (κ1) is 16.4. The number of hydrogen-bond acceptors (Lipinski definition) is 4. The normalized spacial score (nSPS) is 13.5. The number of nitrogens with one attached hydrogen (secondary N) is 1. The molecule has 108 valence electrons. The first-order valence-electron chi connectivity index (χ1n) is 5.87. The Bertz CT molecular complexity index is 520. The highest BCUT2D eigenvalue weighted by atomic mass is 32.2. The Labute approximate surface area is 118 Å². The van der Waals surface area contributed by atoms with Gasteiger partial charge in [0, 0.05) is 13.1 Å². The molecular weight excluding hydrogens is 287 g/mol. The first-order chi connectivity index (χ1) is 8.90. The van der Waals surface area contributed by atoms with Crippen LogP contribution in [0.15, 0.2) is 23.1 Å². The molecule has 0 aliphatic heterocycles. The van der Waals surface area contributed by atoms with E-state index in [9.17, 15) is 12.8 Å². The van der Waals surface area contributed by atoms with Crippen molar-refractivity contribution >= 4 is 21.8 Å². The number of benzene rings is 1. The van der Waals surface area contributed by atoms with Crippen LogP contribution in [-0.2, 0) is 16.6 Å². The van der Waals surface area contributed by atoms with Gasteiger partial charge in [0.05, 0.1) is 0 Å². The lowest BCUT2D eigenvalue weighted by Crippen LogP contribution is -2.30. The number of rotatable bonds is 7. The number of nitrogens with two attached hydrogens (primary N) is 1. The molecule has 1 aromatic carbocycles. The molecule has 0 spiro atoms. The van der Waals surface area contributed by atoms with Crippen LogP contribution in [0.25, 0.3) is 0 Å². The summed E-state index contributed by atoms with van der Waals surface area (Å²) >= 11 is 1.64. The Balaban J connectivity index is 2.83. The Morgan fingerprint density at radius 2 is 2.16 bits per heavy atom. The molecule has 1 aromatic rings. The second-order valence-electron chi connectivity index (χ2n) is 4.38. The van der Waals surface area contributed by atoms with Gasteiger partial charge in [0.1, 0.15) is 10.7 Å². The molecule has 1 atom stereocenters. The van der Waals surface area contributed by atoms with Crippen LogP contribution in [-0.4, -0.2) is 27.0 Å². The summed E-state index contributed by atoms with van der Waals surface area (Å²) in [6, 6.07) is 3.92. The van der Waals surface area contributed by atoms with E-state index in [4.69, 9.17) is 5.73 Å². The lowest BCUT2D eigenvalue weighted by atomic mass is 10.2. The second-order valence-corrected chi connectivity index (χ2v) is 7.03. The summed E-state index contributed by atoms with van der Waals surface area (Å²) in [4.78, 5) is -0.332. The smallest absolute Gasteiger partial charge is 0.243 e. The van der Waals surface area contributed by atoms with Crippen LogP contribution in [0.5, 0.6) is 0 Å². The van der Waals surface area contributed by atoms with Crippen molar-refractivity contribution in [1.82, 2.24) is 4.72 Å². The van der Waals surface area contributed by atoms with Gasteiger partial charge in [-0.3, -0.25) is 0 Å². The Morgan fingerprint density at radius 3 is 2.68 bits per heavy atom. The molecular formula is C12H19FN2O2S2. The standard InChI is InChI=1S/C12H19FN2O2S2/c1-9(8-18-2)7-15-19(16,17)12-4-3-10(6-14)5-11(12)13/h3-5,9,15H,6-8,14H2,1-2H3. The van der Waals surface area contributed by atoms with Crippen molar-refractivity contribution in [2.45, 2.75) is 18.4 Å². The summed E-state index contributed by atoms with van der Waals surface area (Å²) in [6.07, 6.45) is 1.95. The van der Waals surface area contributed by atoms with Crippen LogP contribution in [0.1, 0.15) is 12.5 Å². The van der Waals surface area contributed by atoms with Crippen molar-refractivity contribution in [3.63, 3.8) is 0 Å². The molecule has 0 fully saturated rings. The van der Waals surface area contributed by atoms with Crippen LogP contribution in [0, 0.1) is 11.7 Å². The van der Waals surface area contributed by atoms with Gasteiger partial charge in [0.15, 0.2) is 0 Å². The number of hydrogen-bond donors (Lipinski definition) is 2. The SMILES string of the molecule is CSCC(C)CNS(=O)(=O)c1ccc(CN)cc1F. The van der Waals surface area contributed by atoms with Gasteiger partial charge < -0.3 is 5.73 Å². The maximum Gasteiger partial charge on any atom is 0.243 e. The van der Waals surface area contributed by atoms with E-state index in [0.29, 0.717) is 12.1 Å². The largest absolute Gasteiger partial charge is 0.326 e. The molecule has 0 aromatic heterocycles. The minimum absolute atomic E-state index is 0.176. The number of thioether (sulfide) groups is 1. The summed E-state index contributed by atoms with van der Waals surface area (Å²) in [6.45, 7) is 2.41. The van der Waals surface area contributed by atoms with Crippen LogP contribution in [0.3, 0.4) is 0 Å². The zero-order valence-electron chi connectivity index (χ0n) is 11.0. The lowest BCUT2D eigenvalue weighted by Gasteiger charge is -2.12. The molecule has 0 aliphatic carbocycles. The minimum atomic E-state index is -3.80. The predicted octanol–water partition coefficient (Wildman–Crippen LogP) is 1.56. The van der Waals surface area contributed by atoms with Crippen LogP contribution < -0.4 is 10.5 Å². The van der Waals surface area contributed by atoms with Gasteiger partial charge in [-0.1, -0.05) is 13.0 Å². The monoisotopic (exact) mass is 306 g/mol. The Hall–Kier alpha value is -0.630.